The second-order valence-corrected chi connectivity index (χ2v) is 8.37. The Morgan fingerprint density at radius 1 is 1.00 bits per heavy atom. The number of fused-ring (bicyclic) bond motifs is 1. The van der Waals surface area contributed by atoms with Crippen LogP contribution in [0.3, 0.4) is 0 Å². The van der Waals surface area contributed by atoms with E-state index >= 15 is 0 Å². The Kier molecular flexibility index (Phi) is 4.17. The molecule has 0 aromatic heterocycles. The molecule has 0 aliphatic carbocycles. The first-order chi connectivity index (χ1) is 11.3. The van der Waals surface area contributed by atoms with Crippen molar-refractivity contribution in [1.29, 1.82) is 0 Å². The van der Waals surface area contributed by atoms with Gasteiger partial charge in [-0.1, -0.05) is 18.2 Å². The first kappa shape index (κ1) is 14.9. The standard InChI is InChI=1S/C19H21O3S/c20-19-17(10-11-21-19)22-16-8-9-18(23-12-4-1-5-13-23)15-7-3-2-6-14(15)16/h2-3,6-9,17H,1,4-5,10-13H2/q+1. The number of ether oxygens (including phenoxy) is 2. The van der Waals surface area contributed by atoms with Gasteiger partial charge in [0.2, 0.25) is 0 Å². The summed E-state index contributed by atoms with van der Waals surface area (Å²) < 4.78 is 11.0. The minimum atomic E-state index is -0.457. The fraction of sp³-hybridized carbons (Fsp3) is 0.421. The molecule has 0 saturated carbocycles. The van der Waals surface area contributed by atoms with E-state index in [1.807, 2.05) is 12.1 Å². The number of esters is 1. The summed E-state index contributed by atoms with van der Waals surface area (Å²) in [5.74, 6) is 3.17. The Labute approximate surface area is 139 Å². The fourth-order valence-electron chi connectivity index (χ4n) is 3.39. The van der Waals surface area contributed by atoms with E-state index in [9.17, 15) is 4.79 Å². The van der Waals surface area contributed by atoms with Crippen LogP contribution in [0.15, 0.2) is 41.3 Å². The lowest BCUT2D eigenvalue weighted by Crippen LogP contribution is -2.22. The average molecular weight is 329 g/mol. The maximum Gasteiger partial charge on any atom is 0.347 e. The molecule has 2 aromatic rings. The molecule has 2 fully saturated rings. The molecule has 2 aliphatic rings. The molecule has 1 unspecified atom stereocenters. The first-order valence-corrected chi connectivity index (χ1v) is 9.92. The van der Waals surface area contributed by atoms with Gasteiger partial charge in [0.1, 0.15) is 17.3 Å². The summed E-state index contributed by atoms with van der Waals surface area (Å²) in [5, 5.41) is 2.39. The van der Waals surface area contributed by atoms with E-state index in [-0.39, 0.29) is 5.97 Å². The molecule has 0 bridgehead atoms. The lowest BCUT2D eigenvalue weighted by Gasteiger charge is -2.17. The molecular weight excluding hydrogens is 308 g/mol. The highest BCUT2D eigenvalue weighted by Gasteiger charge is 2.31. The number of benzene rings is 2. The van der Waals surface area contributed by atoms with Crippen LogP contribution in [0.25, 0.3) is 10.8 Å². The molecule has 1 atom stereocenters. The van der Waals surface area contributed by atoms with Gasteiger partial charge < -0.3 is 9.47 Å². The third kappa shape index (κ3) is 2.92. The van der Waals surface area contributed by atoms with Gasteiger partial charge in [-0.2, -0.15) is 0 Å². The lowest BCUT2D eigenvalue weighted by molar-refractivity contribution is -0.143. The number of hydrogen-bond donors (Lipinski definition) is 0. The zero-order chi connectivity index (χ0) is 15.6. The molecular formula is C19H21O3S+. The van der Waals surface area contributed by atoms with E-state index in [0.717, 1.165) is 11.1 Å². The molecule has 4 rings (SSSR count). The minimum Gasteiger partial charge on any atom is -0.478 e. The van der Waals surface area contributed by atoms with Gasteiger partial charge in [0.15, 0.2) is 11.0 Å². The molecule has 0 N–H and O–H groups in total. The van der Waals surface area contributed by atoms with Crippen molar-refractivity contribution in [2.75, 3.05) is 18.1 Å². The molecule has 2 heterocycles. The molecule has 2 saturated heterocycles. The third-order valence-electron chi connectivity index (χ3n) is 4.59. The molecule has 120 valence electrons. The lowest BCUT2D eigenvalue weighted by atomic mass is 10.1. The van der Waals surface area contributed by atoms with E-state index in [0.29, 0.717) is 23.9 Å². The Morgan fingerprint density at radius 2 is 1.78 bits per heavy atom. The van der Waals surface area contributed by atoms with Crippen LogP contribution in [-0.4, -0.2) is 30.2 Å². The van der Waals surface area contributed by atoms with Gasteiger partial charge in [-0.05, 0) is 37.5 Å². The number of hydrogen-bond acceptors (Lipinski definition) is 3. The second-order valence-electron chi connectivity index (χ2n) is 6.13. The summed E-state index contributed by atoms with van der Waals surface area (Å²) >= 11 is 0. The summed E-state index contributed by atoms with van der Waals surface area (Å²) in [6, 6.07) is 12.7. The predicted octanol–water partition coefficient (Wildman–Crippen LogP) is 3.70. The highest BCUT2D eigenvalue weighted by atomic mass is 32.2. The van der Waals surface area contributed by atoms with E-state index in [1.165, 1.54) is 41.0 Å². The van der Waals surface area contributed by atoms with Crippen molar-refractivity contribution in [1.82, 2.24) is 0 Å². The maximum absolute atomic E-state index is 11.7. The predicted molar refractivity (Wildman–Crippen MR) is 93.2 cm³/mol. The van der Waals surface area contributed by atoms with Crippen molar-refractivity contribution in [3.8, 4) is 5.75 Å². The smallest absolute Gasteiger partial charge is 0.347 e. The maximum atomic E-state index is 11.7. The molecule has 0 radical (unpaired) electrons. The van der Waals surface area contributed by atoms with Gasteiger partial charge in [0.25, 0.3) is 0 Å². The van der Waals surface area contributed by atoms with E-state index in [2.05, 4.69) is 24.3 Å². The monoisotopic (exact) mass is 329 g/mol. The van der Waals surface area contributed by atoms with Crippen molar-refractivity contribution < 1.29 is 14.3 Å². The fourth-order valence-corrected chi connectivity index (χ4v) is 5.89. The highest BCUT2D eigenvalue weighted by molar-refractivity contribution is 7.97. The van der Waals surface area contributed by atoms with Crippen LogP contribution in [-0.2, 0) is 20.4 Å². The average Bonchev–Trinajstić information content (AvgIpc) is 3.01. The molecule has 4 heteroatoms. The molecule has 3 nitrogen and oxygen atoms in total. The molecule has 2 aliphatic heterocycles. The Hall–Kier alpha value is -1.68. The zero-order valence-electron chi connectivity index (χ0n) is 13.1. The van der Waals surface area contributed by atoms with Crippen molar-refractivity contribution >= 4 is 27.6 Å². The van der Waals surface area contributed by atoms with Crippen LogP contribution in [0.5, 0.6) is 5.75 Å². The minimum absolute atomic E-state index is 0.243. The Morgan fingerprint density at radius 3 is 2.52 bits per heavy atom. The Balaban J connectivity index is 1.71. The van der Waals surface area contributed by atoms with Crippen LogP contribution >= 0.6 is 0 Å². The third-order valence-corrected chi connectivity index (χ3v) is 7.13. The van der Waals surface area contributed by atoms with E-state index < -0.39 is 6.10 Å². The summed E-state index contributed by atoms with van der Waals surface area (Å²) in [5.41, 5.74) is 0. The van der Waals surface area contributed by atoms with Gasteiger partial charge in [-0.15, -0.1) is 0 Å². The van der Waals surface area contributed by atoms with Gasteiger partial charge in [0, 0.05) is 28.1 Å². The normalized spacial score (nSPS) is 22.3. The Bertz CT molecular complexity index is 722. The van der Waals surface area contributed by atoms with Crippen LogP contribution in [0.2, 0.25) is 0 Å². The highest BCUT2D eigenvalue weighted by Crippen LogP contribution is 2.35. The van der Waals surface area contributed by atoms with E-state index in [4.69, 9.17) is 9.47 Å². The molecule has 0 amide bonds. The molecule has 23 heavy (non-hydrogen) atoms. The summed E-state index contributed by atoms with van der Waals surface area (Å²) in [6.07, 6.45) is 4.22. The molecule has 2 aromatic carbocycles. The van der Waals surface area contributed by atoms with Crippen LogP contribution in [0, 0.1) is 0 Å². The number of carbonyl (C=O) groups is 1. The van der Waals surface area contributed by atoms with Crippen LogP contribution in [0.4, 0.5) is 0 Å². The van der Waals surface area contributed by atoms with Crippen molar-refractivity contribution in [3.63, 3.8) is 0 Å². The van der Waals surface area contributed by atoms with Gasteiger partial charge in [-0.25, -0.2) is 4.79 Å². The number of rotatable bonds is 3. The summed E-state index contributed by atoms with van der Waals surface area (Å²) in [4.78, 5) is 13.1. The van der Waals surface area contributed by atoms with Gasteiger partial charge in [0.05, 0.1) is 6.61 Å². The van der Waals surface area contributed by atoms with Gasteiger partial charge >= 0.3 is 5.97 Å². The zero-order valence-corrected chi connectivity index (χ0v) is 13.9. The number of carbonyl (C=O) groups excluding carboxylic acids is 1. The SMILES string of the molecule is O=C1OCCC1Oc1ccc([S+]2CCCCC2)c2ccccc12. The first-order valence-electron chi connectivity index (χ1n) is 8.35. The van der Waals surface area contributed by atoms with Crippen LogP contribution < -0.4 is 4.74 Å². The summed E-state index contributed by atoms with van der Waals surface area (Å²) in [7, 11) is 0.351. The second kappa shape index (κ2) is 6.44. The molecule has 0 spiro atoms. The van der Waals surface area contributed by atoms with Crippen molar-refractivity contribution in [3.05, 3.63) is 36.4 Å². The van der Waals surface area contributed by atoms with E-state index in [1.54, 1.807) is 0 Å². The van der Waals surface area contributed by atoms with Crippen molar-refractivity contribution in [2.24, 2.45) is 0 Å². The number of cyclic esters (lactones) is 1. The van der Waals surface area contributed by atoms with Gasteiger partial charge in [-0.3, -0.25) is 0 Å². The topological polar surface area (TPSA) is 35.5 Å². The van der Waals surface area contributed by atoms with Crippen LogP contribution in [0.1, 0.15) is 25.7 Å². The summed E-state index contributed by atoms with van der Waals surface area (Å²) in [6.45, 7) is 0.461. The quantitative estimate of drug-likeness (QED) is 0.636. The van der Waals surface area contributed by atoms with Crippen molar-refractivity contribution in [2.45, 2.75) is 36.7 Å². The largest absolute Gasteiger partial charge is 0.478 e.